The Morgan fingerprint density at radius 3 is 2.59 bits per heavy atom. The van der Waals surface area contributed by atoms with E-state index in [0.29, 0.717) is 0 Å². The number of benzene rings is 2. The van der Waals surface area contributed by atoms with Crippen LogP contribution in [-0.4, -0.2) is 36.5 Å². The highest BCUT2D eigenvalue weighted by atomic mass is 16.2. The Morgan fingerprint density at radius 1 is 1.14 bits per heavy atom. The number of nitrogens with one attached hydrogen (secondary N) is 1. The van der Waals surface area contributed by atoms with Gasteiger partial charge in [0.2, 0.25) is 0 Å². The van der Waals surface area contributed by atoms with Crippen LogP contribution in [0.25, 0.3) is 0 Å². The number of carbonyl (C=O) groups is 1. The predicted molar refractivity (Wildman–Crippen MR) is 89.0 cm³/mol. The average molecular weight is 294 g/mol. The van der Waals surface area contributed by atoms with Gasteiger partial charge in [0.05, 0.1) is 0 Å². The van der Waals surface area contributed by atoms with Crippen LogP contribution in [0.15, 0.2) is 54.6 Å². The molecule has 1 fully saturated rings. The van der Waals surface area contributed by atoms with Crippen molar-refractivity contribution in [3.63, 3.8) is 0 Å². The largest absolute Gasteiger partial charge is 0.333 e. The van der Waals surface area contributed by atoms with Gasteiger partial charge in [-0.2, -0.15) is 0 Å². The van der Waals surface area contributed by atoms with E-state index in [9.17, 15) is 4.79 Å². The van der Waals surface area contributed by atoms with Crippen LogP contribution in [0.3, 0.4) is 0 Å². The minimum atomic E-state index is 0.141. The van der Waals surface area contributed by atoms with Crippen molar-refractivity contribution in [1.29, 1.82) is 0 Å². The number of carbonyl (C=O) groups excluding carboxylic acids is 1. The first-order valence-electron chi connectivity index (χ1n) is 7.86. The number of hydrogen-bond acceptors (Lipinski definition) is 2. The summed E-state index contributed by atoms with van der Waals surface area (Å²) < 4.78 is 0. The highest BCUT2D eigenvalue weighted by molar-refractivity contribution is 5.94. The van der Waals surface area contributed by atoms with Crippen molar-refractivity contribution in [1.82, 2.24) is 10.2 Å². The Balaban J connectivity index is 1.77. The lowest BCUT2D eigenvalue weighted by Gasteiger charge is -2.36. The average Bonchev–Trinajstić information content (AvgIpc) is 2.56. The third-order valence-electron chi connectivity index (χ3n) is 4.22. The molecule has 0 saturated carbocycles. The zero-order chi connectivity index (χ0) is 15.4. The van der Waals surface area contributed by atoms with Crippen LogP contribution in [0.4, 0.5) is 0 Å². The number of rotatable bonds is 3. The fourth-order valence-corrected chi connectivity index (χ4v) is 2.96. The fourth-order valence-electron chi connectivity index (χ4n) is 2.96. The first-order chi connectivity index (χ1) is 10.7. The van der Waals surface area contributed by atoms with Crippen LogP contribution in [0.2, 0.25) is 0 Å². The molecule has 1 aliphatic rings. The normalized spacial score (nSPS) is 18.2. The van der Waals surface area contributed by atoms with Crippen LogP contribution in [0, 0.1) is 6.92 Å². The molecule has 1 aliphatic heterocycles. The first kappa shape index (κ1) is 14.8. The molecule has 114 valence electrons. The lowest BCUT2D eigenvalue weighted by molar-refractivity contribution is 0.0636. The van der Waals surface area contributed by atoms with Crippen molar-refractivity contribution >= 4 is 5.91 Å². The SMILES string of the molecule is Cc1ccc(C(=O)N2CCNCC2Cc2ccccc2)cc1. The van der Waals surface area contributed by atoms with Crippen LogP contribution in [0.1, 0.15) is 21.5 Å². The summed E-state index contributed by atoms with van der Waals surface area (Å²) in [6, 6.07) is 18.5. The quantitative estimate of drug-likeness (QED) is 0.944. The Labute approximate surface area is 132 Å². The van der Waals surface area contributed by atoms with E-state index in [1.807, 2.05) is 42.2 Å². The van der Waals surface area contributed by atoms with E-state index in [0.717, 1.165) is 31.6 Å². The molecular formula is C19H22N2O. The molecule has 0 aromatic heterocycles. The molecule has 3 heteroatoms. The standard InChI is InChI=1S/C19H22N2O/c1-15-7-9-17(10-8-15)19(22)21-12-11-20-14-18(21)13-16-5-3-2-4-6-16/h2-10,18,20H,11-14H2,1H3. The maximum absolute atomic E-state index is 12.8. The Hall–Kier alpha value is -2.13. The van der Waals surface area contributed by atoms with Crippen molar-refractivity contribution in [2.45, 2.75) is 19.4 Å². The molecular weight excluding hydrogens is 272 g/mol. The molecule has 0 aliphatic carbocycles. The van der Waals surface area contributed by atoms with E-state index in [2.05, 4.69) is 29.6 Å². The molecule has 0 bridgehead atoms. The lowest BCUT2D eigenvalue weighted by Crippen LogP contribution is -2.54. The first-order valence-corrected chi connectivity index (χ1v) is 7.86. The summed E-state index contributed by atoms with van der Waals surface area (Å²) in [4.78, 5) is 14.8. The summed E-state index contributed by atoms with van der Waals surface area (Å²) in [5, 5.41) is 3.41. The Kier molecular flexibility index (Phi) is 4.54. The molecule has 22 heavy (non-hydrogen) atoms. The third kappa shape index (κ3) is 3.37. The maximum Gasteiger partial charge on any atom is 0.254 e. The van der Waals surface area contributed by atoms with Crippen molar-refractivity contribution in [3.8, 4) is 0 Å². The van der Waals surface area contributed by atoms with Crippen LogP contribution in [0.5, 0.6) is 0 Å². The maximum atomic E-state index is 12.8. The van der Waals surface area contributed by atoms with E-state index in [1.54, 1.807) is 0 Å². The summed E-state index contributed by atoms with van der Waals surface area (Å²) >= 11 is 0. The van der Waals surface area contributed by atoms with E-state index in [4.69, 9.17) is 0 Å². The zero-order valence-electron chi connectivity index (χ0n) is 13.0. The van der Waals surface area contributed by atoms with Gasteiger partial charge in [-0.15, -0.1) is 0 Å². The van der Waals surface area contributed by atoms with Gasteiger partial charge < -0.3 is 10.2 Å². The summed E-state index contributed by atoms with van der Waals surface area (Å²) in [6.45, 7) is 4.52. The molecule has 1 saturated heterocycles. The minimum absolute atomic E-state index is 0.141. The van der Waals surface area contributed by atoms with Crippen LogP contribution < -0.4 is 5.32 Å². The second kappa shape index (κ2) is 6.75. The fraction of sp³-hybridized carbons (Fsp3) is 0.316. The number of aryl methyl sites for hydroxylation is 1. The van der Waals surface area contributed by atoms with Crippen molar-refractivity contribution in [3.05, 3.63) is 71.3 Å². The molecule has 1 unspecified atom stereocenters. The van der Waals surface area contributed by atoms with E-state index in [-0.39, 0.29) is 11.9 Å². The van der Waals surface area contributed by atoms with Gasteiger partial charge in [0.1, 0.15) is 0 Å². The number of piperazine rings is 1. The monoisotopic (exact) mass is 294 g/mol. The molecule has 3 rings (SSSR count). The van der Waals surface area contributed by atoms with Gasteiger partial charge in [-0.1, -0.05) is 48.0 Å². The topological polar surface area (TPSA) is 32.3 Å². The lowest BCUT2D eigenvalue weighted by atomic mass is 10.0. The van der Waals surface area contributed by atoms with Gasteiger partial charge in [-0.3, -0.25) is 4.79 Å². The van der Waals surface area contributed by atoms with Gasteiger partial charge >= 0.3 is 0 Å². The van der Waals surface area contributed by atoms with Crippen molar-refractivity contribution < 1.29 is 4.79 Å². The summed E-state index contributed by atoms with van der Waals surface area (Å²) in [6.07, 6.45) is 0.894. The molecule has 2 aromatic carbocycles. The third-order valence-corrected chi connectivity index (χ3v) is 4.22. The smallest absolute Gasteiger partial charge is 0.254 e. The number of amides is 1. The second-order valence-corrected chi connectivity index (χ2v) is 5.91. The molecule has 0 spiro atoms. The summed E-state index contributed by atoms with van der Waals surface area (Å²) in [7, 11) is 0. The molecule has 0 radical (unpaired) electrons. The highest BCUT2D eigenvalue weighted by Crippen LogP contribution is 2.15. The zero-order valence-corrected chi connectivity index (χ0v) is 13.0. The summed E-state index contributed by atoms with van der Waals surface area (Å²) in [5.41, 5.74) is 3.24. The molecule has 3 nitrogen and oxygen atoms in total. The van der Waals surface area contributed by atoms with Crippen molar-refractivity contribution in [2.75, 3.05) is 19.6 Å². The van der Waals surface area contributed by atoms with Gasteiger partial charge in [0.25, 0.3) is 5.91 Å². The van der Waals surface area contributed by atoms with Crippen LogP contribution >= 0.6 is 0 Å². The molecule has 1 amide bonds. The Bertz CT molecular complexity index is 622. The van der Waals surface area contributed by atoms with Crippen molar-refractivity contribution in [2.24, 2.45) is 0 Å². The van der Waals surface area contributed by atoms with E-state index in [1.165, 1.54) is 11.1 Å². The Morgan fingerprint density at radius 2 is 1.86 bits per heavy atom. The predicted octanol–water partition coefficient (Wildman–Crippen LogP) is 2.65. The minimum Gasteiger partial charge on any atom is -0.333 e. The highest BCUT2D eigenvalue weighted by Gasteiger charge is 2.27. The van der Waals surface area contributed by atoms with Gasteiger partial charge in [-0.05, 0) is 31.0 Å². The van der Waals surface area contributed by atoms with Gasteiger partial charge in [0.15, 0.2) is 0 Å². The number of nitrogens with zero attached hydrogens (tertiary/aromatic N) is 1. The van der Waals surface area contributed by atoms with Crippen LogP contribution in [-0.2, 0) is 6.42 Å². The van der Waals surface area contributed by atoms with Gasteiger partial charge in [0, 0.05) is 31.2 Å². The molecule has 1 heterocycles. The molecule has 1 N–H and O–H groups in total. The van der Waals surface area contributed by atoms with Gasteiger partial charge in [-0.25, -0.2) is 0 Å². The number of hydrogen-bond donors (Lipinski definition) is 1. The molecule has 1 atom stereocenters. The van der Waals surface area contributed by atoms with E-state index >= 15 is 0 Å². The summed E-state index contributed by atoms with van der Waals surface area (Å²) in [5.74, 6) is 0.141. The second-order valence-electron chi connectivity index (χ2n) is 5.91. The molecule has 2 aromatic rings. The van der Waals surface area contributed by atoms with E-state index < -0.39 is 0 Å².